The van der Waals surface area contributed by atoms with Crippen LogP contribution in [-0.2, 0) is 0 Å². The van der Waals surface area contributed by atoms with Gasteiger partial charge in [0.2, 0.25) is 0 Å². The van der Waals surface area contributed by atoms with E-state index < -0.39 is 0 Å². The van der Waals surface area contributed by atoms with E-state index in [9.17, 15) is 0 Å². The van der Waals surface area contributed by atoms with Crippen LogP contribution in [0.25, 0.3) is 0 Å². The van der Waals surface area contributed by atoms with Gasteiger partial charge < -0.3 is 10.4 Å². The molecule has 2 nitrogen and oxygen atoms in total. The van der Waals surface area contributed by atoms with E-state index in [-0.39, 0.29) is 6.61 Å². The number of nitrogens with one attached hydrogen (secondary N) is 1. The number of hydrogen-bond donors (Lipinski definition) is 2. The molecular weight excluding hydrogens is 198 g/mol. The molecule has 0 heterocycles. The maximum Gasteiger partial charge on any atom is 0.0431 e. The SMILES string of the molecule is C=C(C)CNC(CCCO)c1ccccc1. The van der Waals surface area contributed by atoms with E-state index in [0.29, 0.717) is 6.04 Å². The molecule has 0 aliphatic carbocycles. The summed E-state index contributed by atoms with van der Waals surface area (Å²) in [5.41, 5.74) is 2.40. The Morgan fingerprint density at radius 2 is 2.06 bits per heavy atom. The Labute approximate surface area is 98.0 Å². The van der Waals surface area contributed by atoms with Gasteiger partial charge >= 0.3 is 0 Å². The second kappa shape index (κ2) is 7.20. The Morgan fingerprint density at radius 3 is 2.62 bits per heavy atom. The van der Waals surface area contributed by atoms with Crippen LogP contribution in [0.15, 0.2) is 42.5 Å². The van der Waals surface area contributed by atoms with Crippen molar-refractivity contribution in [3.8, 4) is 0 Å². The van der Waals surface area contributed by atoms with Crippen LogP contribution in [0.5, 0.6) is 0 Å². The molecule has 0 aliphatic rings. The second-order valence-corrected chi connectivity index (χ2v) is 4.17. The molecule has 2 N–H and O–H groups in total. The molecule has 0 aliphatic heterocycles. The van der Waals surface area contributed by atoms with Gasteiger partial charge in [-0.15, -0.1) is 0 Å². The van der Waals surface area contributed by atoms with Crippen molar-refractivity contribution in [2.75, 3.05) is 13.2 Å². The van der Waals surface area contributed by atoms with Crippen molar-refractivity contribution in [2.45, 2.75) is 25.8 Å². The van der Waals surface area contributed by atoms with E-state index in [4.69, 9.17) is 5.11 Å². The highest BCUT2D eigenvalue weighted by Crippen LogP contribution is 2.18. The van der Waals surface area contributed by atoms with Crippen molar-refractivity contribution < 1.29 is 5.11 Å². The van der Waals surface area contributed by atoms with Crippen molar-refractivity contribution in [1.29, 1.82) is 0 Å². The van der Waals surface area contributed by atoms with Crippen LogP contribution >= 0.6 is 0 Å². The van der Waals surface area contributed by atoms with Crippen LogP contribution < -0.4 is 5.32 Å². The number of rotatable bonds is 7. The van der Waals surface area contributed by atoms with Crippen LogP contribution in [0.4, 0.5) is 0 Å². The Hall–Kier alpha value is -1.12. The summed E-state index contributed by atoms with van der Waals surface area (Å²) in [6, 6.07) is 10.7. The fourth-order valence-corrected chi connectivity index (χ4v) is 1.66. The summed E-state index contributed by atoms with van der Waals surface area (Å²) in [6.45, 7) is 6.98. The van der Waals surface area contributed by atoms with Crippen LogP contribution in [0, 0.1) is 0 Å². The van der Waals surface area contributed by atoms with Crippen molar-refractivity contribution in [3.63, 3.8) is 0 Å². The molecule has 0 fully saturated rings. The molecule has 0 spiro atoms. The molecule has 2 heteroatoms. The first kappa shape index (κ1) is 12.9. The van der Waals surface area contributed by atoms with E-state index in [2.05, 4.69) is 24.0 Å². The topological polar surface area (TPSA) is 32.3 Å². The first-order valence-electron chi connectivity index (χ1n) is 5.77. The third-order valence-electron chi connectivity index (χ3n) is 2.50. The van der Waals surface area contributed by atoms with Crippen LogP contribution in [0.3, 0.4) is 0 Å². The zero-order valence-corrected chi connectivity index (χ0v) is 9.95. The van der Waals surface area contributed by atoms with Crippen molar-refractivity contribution >= 4 is 0 Å². The maximum atomic E-state index is 8.89. The standard InChI is InChI=1S/C14H21NO/c1-12(2)11-15-14(9-6-10-16)13-7-4-3-5-8-13/h3-5,7-8,14-16H,1,6,9-11H2,2H3. The average Bonchev–Trinajstić information content (AvgIpc) is 2.30. The van der Waals surface area contributed by atoms with E-state index >= 15 is 0 Å². The van der Waals surface area contributed by atoms with Gasteiger partial charge in [0.1, 0.15) is 0 Å². The third kappa shape index (κ3) is 4.60. The molecule has 0 saturated heterocycles. The fraction of sp³-hybridized carbons (Fsp3) is 0.429. The molecule has 88 valence electrons. The largest absolute Gasteiger partial charge is 0.396 e. The average molecular weight is 219 g/mol. The van der Waals surface area contributed by atoms with Crippen LogP contribution in [-0.4, -0.2) is 18.3 Å². The van der Waals surface area contributed by atoms with Gasteiger partial charge in [-0.3, -0.25) is 0 Å². The highest BCUT2D eigenvalue weighted by Gasteiger charge is 2.09. The number of hydrogen-bond acceptors (Lipinski definition) is 2. The molecular formula is C14H21NO. The summed E-state index contributed by atoms with van der Waals surface area (Å²) in [5, 5.41) is 12.4. The highest BCUT2D eigenvalue weighted by molar-refractivity contribution is 5.19. The van der Waals surface area contributed by atoms with Gasteiger partial charge in [0.15, 0.2) is 0 Å². The summed E-state index contributed by atoms with van der Waals surface area (Å²) >= 11 is 0. The van der Waals surface area contributed by atoms with Crippen LogP contribution in [0.2, 0.25) is 0 Å². The molecule has 1 atom stereocenters. The van der Waals surface area contributed by atoms with Gasteiger partial charge in [-0.25, -0.2) is 0 Å². The molecule has 0 radical (unpaired) electrons. The molecule has 16 heavy (non-hydrogen) atoms. The third-order valence-corrected chi connectivity index (χ3v) is 2.50. The molecule has 0 aromatic heterocycles. The lowest BCUT2D eigenvalue weighted by molar-refractivity contribution is 0.275. The number of aliphatic hydroxyl groups excluding tert-OH is 1. The van der Waals surface area contributed by atoms with E-state index in [1.54, 1.807) is 0 Å². The fourth-order valence-electron chi connectivity index (χ4n) is 1.66. The Balaban J connectivity index is 2.59. The lowest BCUT2D eigenvalue weighted by Gasteiger charge is -2.19. The minimum Gasteiger partial charge on any atom is -0.396 e. The molecule has 1 rings (SSSR count). The predicted octanol–water partition coefficient (Wildman–Crippen LogP) is 2.67. The quantitative estimate of drug-likeness (QED) is 0.691. The first-order valence-corrected chi connectivity index (χ1v) is 5.77. The molecule has 1 unspecified atom stereocenters. The molecule has 0 saturated carbocycles. The van der Waals surface area contributed by atoms with Crippen molar-refractivity contribution in [2.24, 2.45) is 0 Å². The second-order valence-electron chi connectivity index (χ2n) is 4.17. The van der Waals surface area contributed by atoms with Crippen LogP contribution in [0.1, 0.15) is 31.4 Å². The van der Waals surface area contributed by atoms with Gasteiger partial charge in [-0.2, -0.15) is 0 Å². The zero-order valence-electron chi connectivity index (χ0n) is 9.95. The van der Waals surface area contributed by atoms with E-state index in [0.717, 1.165) is 25.0 Å². The normalized spacial score (nSPS) is 12.4. The van der Waals surface area contributed by atoms with E-state index in [1.807, 2.05) is 25.1 Å². The maximum absolute atomic E-state index is 8.89. The Kier molecular flexibility index (Phi) is 5.83. The minimum absolute atomic E-state index is 0.248. The Morgan fingerprint density at radius 1 is 1.38 bits per heavy atom. The predicted molar refractivity (Wildman–Crippen MR) is 68.3 cm³/mol. The summed E-state index contributed by atoms with van der Waals surface area (Å²) in [6.07, 6.45) is 1.77. The number of aliphatic hydroxyl groups is 1. The summed E-state index contributed by atoms with van der Waals surface area (Å²) in [4.78, 5) is 0. The Bertz CT molecular complexity index is 308. The van der Waals surface area contributed by atoms with Gasteiger partial charge in [0.25, 0.3) is 0 Å². The molecule has 0 amide bonds. The minimum atomic E-state index is 0.248. The first-order chi connectivity index (χ1) is 7.74. The highest BCUT2D eigenvalue weighted by atomic mass is 16.2. The van der Waals surface area contributed by atoms with Gasteiger partial charge in [0, 0.05) is 19.2 Å². The smallest absolute Gasteiger partial charge is 0.0431 e. The lowest BCUT2D eigenvalue weighted by atomic mass is 10.0. The molecule has 1 aromatic carbocycles. The summed E-state index contributed by atoms with van der Waals surface area (Å²) in [5.74, 6) is 0. The monoisotopic (exact) mass is 219 g/mol. The zero-order chi connectivity index (χ0) is 11.8. The molecule has 1 aromatic rings. The van der Waals surface area contributed by atoms with Crippen molar-refractivity contribution in [3.05, 3.63) is 48.0 Å². The van der Waals surface area contributed by atoms with Gasteiger partial charge in [-0.05, 0) is 25.3 Å². The summed E-state index contributed by atoms with van der Waals surface area (Å²) in [7, 11) is 0. The van der Waals surface area contributed by atoms with Crippen molar-refractivity contribution in [1.82, 2.24) is 5.32 Å². The molecule has 0 bridgehead atoms. The lowest BCUT2D eigenvalue weighted by Crippen LogP contribution is -2.23. The number of benzene rings is 1. The van der Waals surface area contributed by atoms with E-state index in [1.165, 1.54) is 5.56 Å². The summed E-state index contributed by atoms with van der Waals surface area (Å²) < 4.78 is 0. The van der Waals surface area contributed by atoms with Gasteiger partial charge in [0.05, 0.1) is 0 Å². The van der Waals surface area contributed by atoms with Gasteiger partial charge in [-0.1, -0.05) is 42.5 Å².